The molecule has 1 aromatic rings. The van der Waals surface area contributed by atoms with E-state index in [0.29, 0.717) is 45.8 Å². The molecule has 0 amide bonds. The maximum atomic E-state index is 14.0. The van der Waals surface area contributed by atoms with Gasteiger partial charge < -0.3 is 15.1 Å². The van der Waals surface area contributed by atoms with Crippen molar-refractivity contribution >= 4 is 21.7 Å². The highest BCUT2D eigenvalue weighted by Crippen LogP contribution is 2.22. The summed E-state index contributed by atoms with van der Waals surface area (Å²) in [6, 6.07) is 3.50. The highest BCUT2D eigenvalue weighted by Gasteiger charge is 2.29. The minimum Gasteiger partial charge on any atom is -0.366 e. The van der Waals surface area contributed by atoms with E-state index in [1.54, 1.807) is 7.05 Å². The number of anilines is 1. The van der Waals surface area contributed by atoms with Gasteiger partial charge in [-0.05, 0) is 24.5 Å². The normalized spacial score (nSPS) is 22.0. The van der Waals surface area contributed by atoms with Gasteiger partial charge in [-0.1, -0.05) is 0 Å². The van der Waals surface area contributed by atoms with Crippen LogP contribution >= 0.6 is 0 Å². The van der Waals surface area contributed by atoms with Crippen LogP contribution in [0.1, 0.15) is 6.42 Å². The Kier molecular flexibility index (Phi) is 6.39. The summed E-state index contributed by atoms with van der Waals surface area (Å²) in [4.78, 5) is 8.23. The first-order chi connectivity index (χ1) is 13.3. The van der Waals surface area contributed by atoms with Crippen LogP contribution in [0.2, 0.25) is 0 Å². The van der Waals surface area contributed by atoms with E-state index in [1.165, 1.54) is 16.6 Å². The van der Waals surface area contributed by atoms with Gasteiger partial charge in [-0.15, -0.1) is 0 Å². The summed E-state index contributed by atoms with van der Waals surface area (Å²) in [5.74, 6) is 0.122. The van der Waals surface area contributed by atoms with Crippen LogP contribution in [0.5, 0.6) is 0 Å². The molecule has 0 aliphatic carbocycles. The first-order valence-electron chi connectivity index (χ1n) is 9.38. The van der Waals surface area contributed by atoms with Gasteiger partial charge in [-0.3, -0.25) is 4.99 Å². The lowest BCUT2D eigenvalue weighted by Crippen LogP contribution is -2.53. The third-order valence-corrected chi connectivity index (χ3v) is 6.58. The van der Waals surface area contributed by atoms with E-state index in [9.17, 15) is 17.2 Å². The zero-order valence-corrected chi connectivity index (χ0v) is 17.1. The molecule has 156 valence electrons. The number of halogens is 2. The van der Waals surface area contributed by atoms with Crippen LogP contribution < -0.4 is 10.2 Å². The molecule has 2 heterocycles. The number of rotatable bonds is 4. The van der Waals surface area contributed by atoms with E-state index in [-0.39, 0.29) is 11.6 Å². The zero-order valence-electron chi connectivity index (χ0n) is 16.2. The van der Waals surface area contributed by atoms with Crippen molar-refractivity contribution in [2.24, 2.45) is 10.9 Å². The number of hydrogen-bond donors (Lipinski definition) is 1. The minimum atomic E-state index is -3.14. The second kappa shape index (κ2) is 8.60. The van der Waals surface area contributed by atoms with Crippen molar-refractivity contribution in [3.8, 4) is 0 Å². The number of piperazine rings is 1. The molecule has 2 aliphatic rings. The average molecular weight is 416 g/mol. The third-order valence-electron chi connectivity index (χ3n) is 5.31. The number of aliphatic imine (C=N–C) groups is 1. The molecule has 2 saturated heterocycles. The zero-order chi connectivity index (χ0) is 20.3. The topological polar surface area (TPSA) is 68.2 Å². The molecule has 0 bridgehead atoms. The molecule has 28 heavy (non-hydrogen) atoms. The molecule has 10 heteroatoms. The van der Waals surface area contributed by atoms with Crippen LogP contribution in [0.25, 0.3) is 0 Å². The summed E-state index contributed by atoms with van der Waals surface area (Å²) in [6.45, 7) is 4.12. The predicted molar refractivity (Wildman–Crippen MR) is 106 cm³/mol. The molecule has 7 nitrogen and oxygen atoms in total. The van der Waals surface area contributed by atoms with Crippen molar-refractivity contribution in [3.63, 3.8) is 0 Å². The molecular weight excluding hydrogens is 388 g/mol. The van der Waals surface area contributed by atoms with E-state index in [0.717, 1.165) is 24.5 Å². The van der Waals surface area contributed by atoms with Gasteiger partial charge >= 0.3 is 0 Å². The lowest BCUT2D eigenvalue weighted by Gasteiger charge is -2.38. The fourth-order valence-electron chi connectivity index (χ4n) is 3.72. The highest BCUT2D eigenvalue weighted by molar-refractivity contribution is 7.88. The molecule has 1 N–H and O–H groups in total. The molecular formula is C18H27F2N5O2S. The molecule has 2 aliphatic heterocycles. The Balaban J connectivity index is 1.51. The first-order valence-corrected chi connectivity index (χ1v) is 11.2. The maximum Gasteiger partial charge on any atom is 0.211 e. The van der Waals surface area contributed by atoms with Crippen molar-refractivity contribution in [3.05, 3.63) is 29.8 Å². The summed E-state index contributed by atoms with van der Waals surface area (Å²) in [7, 11) is -1.43. The van der Waals surface area contributed by atoms with Crippen LogP contribution in [0.4, 0.5) is 14.5 Å². The number of guanidine groups is 1. The lowest BCUT2D eigenvalue weighted by molar-refractivity contribution is 0.366. The molecule has 2 fully saturated rings. The molecule has 1 aromatic carbocycles. The molecule has 1 atom stereocenters. The van der Waals surface area contributed by atoms with Crippen molar-refractivity contribution in [1.82, 2.24) is 14.5 Å². The second-order valence-corrected chi connectivity index (χ2v) is 9.26. The Labute approximate surface area is 165 Å². The van der Waals surface area contributed by atoms with Gasteiger partial charge in [-0.2, -0.15) is 0 Å². The van der Waals surface area contributed by atoms with E-state index < -0.39 is 21.7 Å². The number of benzene rings is 1. The van der Waals surface area contributed by atoms with Crippen LogP contribution in [0.3, 0.4) is 0 Å². The number of hydrogen-bond acceptors (Lipinski definition) is 4. The summed E-state index contributed by atoms with van der Waals surface area (Å²) >= 11 is 0. The van der Waals surface area contributed by atoms with Crippen molar-refractivity contribution in [2.75, 3.05) is 64.0 Å². The third kappa shape index (κ3) is 4.91. The van der Waals surface area contributed by atoms with Gasteiger partial charge in [0.05, 0.1) is 11.9 Å². The van der Waals surface area contributed by atoms with Crippen LogP contribution in [0.15, 0.2) is 23.2 Å². The maximum absolute atomic E-state index is 14.0. The fourth-order valence-corrected chi connectivity index (χ4v) is 4.64. The molecule has 0 aromatic heterocycles. The summed E-state index contributed by atoms with van der Waals surface area (Å²) in [5, 5.41) is 3.33. The smallest absolute Gasteiger partial charge is 0.211 e. The molecule has 3 rings (SSSR count). The van der Waals surface area contributed by atoms with E-state index in [2.05, 4.69) is 15.2 Å². The van der Waals surface area contributed by atoms with Gasteiger partial charge in [0.25, 0.3) is 0 Å². The molecule has 0 saturated carbocycles. The SMILES string of the molecule is CN=C(NCC1CCN(S(C)(=O)=O)C1)N1CCN(c2cc(F)ccc2F)CC1. The number of nitrogens with zero attached hydrogens (tertiary/aromatic N) is 4. The summed E-state index contributed by atoms with van der Waals surface area (Å²) in [6.07, 6.45) is 2.06. The number of nitrogens with one attached hydrogen (secondary N) is 1. The van der Waals surface area contributed by atoms with Crippen LogP contribution in [-0.4, -0.2) is 82.7 Å². The minimum absolute atomic E-state index is 0.245. The van der Waals surface area contributed by atoms with Gasteiger partial charge in [0.15, 0.2) is 5.96 Å². The van der Waals surface area contributed by atoms with Gasteiger partial charge in [0.1, 0.15) is 11.6 Å². The Morgan fingerprint density at radius 2 is 1.93 bits per heavy atom. The predicted octanol–water partition coefficient (Wildman–Crippen LogP) is 0.944. The van der Waals surface area contributed by atoms with Crippen molar-refractivity contribution < 1.29 is 17.2 Å². The second-order valence-electron chi connectivity index (χ2n) is 7.27. The van der Waals surface area contributed by atoms with E-state index in [1.807, 2.05) is 4.90 Å². The van der Waals surface area contributed by atoms with Gasteiger partial charge in [0.2, 0.25) is 10.0 Å². The standard InChI is InChI=1S/C18H27F2N5O2S/c1-21-18(22-12-14-5-6-25(13-14)28(2,26)27)24-9-7-23(8-10-24)17-11-15(19)3-4-16(17)20/h3-4,11,14H,5-10,12-13H2,1-2H3,(H,21,22). The molecule has 1 unspecified atom stereocenters. The summed E-state index contributed by atoms with van der Waals surface area (Å²) < 4.78 is 52.2. The molecule has 0 spiro atoms. The number of sulfonamides is 1. The fraction of sp³-hybridized carbons (Fsp3) is 0.611. The van der Waals surface area contributed by atoms with Crippen LogP contribution in [-0.2, 0) is 10.0 Å². The van der Waals surface area contributed by atoms with E-state index in [4.69, 9.17) is 0 Å². The highest BCUT2D eigenvalue weighted by atomic mass is 32.2. The monoisotopic (exact) mass is 415 g/mol. The summed E-state index contributed by atoms with van der Waals surface area (Å²) in [5.41, 5.74) is 0.286. The largest absolute Gasteiger partial charge is 0.366 e. The lowest BCUT2D eigenvalue weighted by atomic mass is 10.1. The average Bonchev–Trinajstić information content (AvgIpc) is 3.14. The van der Waals surface area contributed by atoms with Crippen molar-refractivity contribution in [2.45, 2.75) is 6.42 Å². The van der Waals surface area contributed by atoms with Crippen molar-refractivity contribution in [1.29, 1.82) is 0 Å². The van der Waals surface area contributed by atoms with Crippen LogP contribution in [0, 0.1) is 17.6 Å². The Morgan fingerprint density at radius 1 is 1.21 bits per heavy atom. The Morgan fingerprint density at radius 3 is 2.54 bits per heavy atom. The Hall–Kier alpha value is -1.94. The van der Waals surface area contributed by atoms with Gasteiger partial charge in [0, 0.05) is 58.9 Å². The van der Waals surface area contributed by atoms with Gasteiger partial charge in [-0.25, -0.2) is 21.5 Å². The Bertz CT molecular complexity index is 825. The molecule has 0 radical (unpaired) electrons. The quantitative estimate of drug-likeness (QED) is 0.586. The first kappa shape index (κ1) is 20.8. The van der Waals surface area contributed by atoms with E-state index >= 15 is 0 Å².